The Morgan fingerprint density at radius 1 is 1.03 bits per heavy atom. The lowest BCUT2D eigenvalue weighted by molar-refractivity contribution is -0.116. The number of rotatable bonds is 6. The molecular formula is C19H18N8O5S. The van der Waals surface area contributed by atoms with Gasteiger partial charge in [0.2, 0.25) is 11.9 Å². The first kappa shape index (κ1) is 21.9. The Labute approximate surface area is 186 Å². The van der Waals surface area contributed by atoms with E-state index in [9.17, 15) is 22.8 Å². The van der Waals surface area contributed by atoms with Crippen molar-refractivity contribution in [1.29, 1.82) is 0 Å². The maximum Gasteiger partial charge on any atom is 0.332 e. The highest BCUT2D eigenvalue weighted by atomic mass is 32.2. The molecule has 33 heavy (non-hydrogen) atoms. The van der Waals surface area contributed by atoms with Gasteiger partial charge in [0.05, 0.1) is 11.2 Å². The summed E-state index contributed by atoms with van der Waals surface area (Å²) in [5.41, 5.74) is -0.637. The Morgan fingerprint density at radius 3 is 2.36 bits per heavy atom. The van der Waals surface area contributed by atoms with Crippen LogP contribution < -0.4 is 21.3 Å². The number of carbonyl (C=O) groups excluding carboxylic acids is 1. The second-order valence-corrected chi connectivity index (χ2v) is 8.69. The summed E-state index contributed by atoms with van der Waals surface area (Å²) in [5, 5.41) is 2.54. The summed E-state index contributed by atoms with van der Waals surface area (Å²) < 4.78 is 30.6. The summed E-state index contributed by atoms with van der Waals surface area (Å²) >= 11 is 0. The predicted molar refractivity (Wildman–Crippen MR) is 118 cm³/mol. The highest BCUT2D eigenvalue weighted by Gasteiger charge is 2.18. The van der Waals surface area contributed by atoms with Crippen LogP contribution in [0.1, 0.15) is 0 Å². The smallest absolute Gasteiger partial charge is 0.328 e. The van der Waals surface area contributed by atoms with Crippen LogP contribution in [-0.2, 0) is 35.5 Å². The van der Waals surface area contributed by atoms with Gasteiger partial charge in [-0.3, -0.25) is 14.2 Å². The molecule has 4 rings (SSSR count). The summed E-state index contributed by atoms with van der Waals surface area (Å²) in [7, 11) is -0.859. The highest BCUT2D eigenvalue weighted by Crippen LogP contribution is 2.16. The number of fused-ring (bicyclic) bond motifs is 1. The fraction of sp³-hybridized carbons (Fsp3) is 0.158. The topological polar surface area (TPSA) is 163 Å². The highest BCUT2D eigenvalue weighted by molar-refractivity contribution is 7.92. The molecule has 0 aliphatic rings. The van der Waals surface area contributed by atoms with E-state index in [0.717, 1.165) is 4.57 Å². The van der Waals surface area contributed by atoms with E-state index in [1.165, 1.54) is 59.2 Å². The molecule has 14 heteroatoms. The van der Waals surface area contributed by atoms with Gasteiger partial charge in [-0.15, -0.1) is 0 Å². The van der Waals surface area contributed by atoms with E-state index < -0.39 is 33.7 Å². The number of aryl methyl sites for hydroxylation is 2. The molecule has 0 saturated heterocycles. The minimum Gasteiger partial charge on any atom is -0.328 e. The molecule has 3 aromatic heterocycles. The Bertz CT molecular complexity index is 1570. The standard InChI is InChI=1S/C19H18N8O5S/c1-25-11-22-16-15(25)17(29)27(19(30)26(16)2)10-14(28)23-12-4-6-13(7-5-12)33(31,32)24-18-20-8-3-9-21-18/h3-9,11H,10H2,1-2H3,(H,23,28)(H,20,21,24). The van der Waals surface area contributed by atoms with Crippen molar-refractivity contribution in [2.45, 2.75) is 11.4 Å². The van der Waals surface area contributed by atoms with Crippen LogP contribution in [-0.4, -0.2) is 43.0 Å². The molecule has 0 radical (unpaired) electrons. The van der Waals surface area contributed by atoms with Gasteiger partial charge < -0.3 is 9.88 Å². The first-order valence-electron chi connectivity index (χ1n) is 9.48. The average molecular weight is 470 g/mol. The SMILES string of the molecule is Cn1cnc2c1c(=O)n(CC(=O)Nc1ccc(S(=O)(=O)Nc3ncccn3)cc1)c(=O)n2C. The molecule has 0 unspecified atom stereocenters. The lowest BCUT2D eigenvalue weighted by atomic mass is 10.3. The minimum absolute atomic E-state index is 0.0697. The van der Waals surface area contributed by atoms with Crippen LogP contribution in [0, 0.1) is 0 Å². The van der Waals surface area contributed by atoms with E-state index in [-0.39, 0.29) is 27.7 Å². The van der Waals surface area contributed by atoms with Gasteiger partial charge >= 0.3 is 5.69 Å². The molecule has 0 atom stereocenters. The molecule has 0 spiro atoms. The summed E-state index contributed by atoms with van der Waals surface area (Å²) in [4.78, 5) is 49.3. The van der Waals surface area contributed by atoms with Crippen molar-refractivity contribution in [2.75, 3.05) is 10.0 Å². The zero-order chi connectivity index (χ0) is 23.8. The van der Waals surface area contributed by atoms with Gasteiger partial charge in [0, 0.05) is 32.2 Å². The van der Waals surface area contributed by atoms with E-state index in [1.54, 1.807) is 13.1 Å². The number of anilines is 2. The van der Waals surface area contributed by atoms with Crippen molar-refractivity contribution >= 4 is 38.7 Å². The van der Waals surface area contributed by atoms with Crippen LogP contribution in [0.2, 0.25) is 0 Å². The summed E-state index contributed by atoms with van der Waals surface area (Å²) in [6.07, 6.45) is 4.20. The number of hydrogen-bond donors (Lipinski definition) is 2. The Morgan fingerprint density at radius 2 is 1.70 bits per heavy atom. The lowest BCUT2D eigenvalue weighted by Gasteiger charge is -2.10. The van der Waals surface area contributed by atoms with E-state index in [1.807, 2.05) is 0 Å². The van der Waals surface area contributed by atoms with Crippen LogP contribution in [0.4, 0.5) is 11.6 Å². The Kier molecular flexibility index (Phi) is 5.51. The second kappa shape index (κ2) is 8.31. The van der Waals surface area contributed by atoms with E-state index in [0.29, 0.717) is 0 Å². The van der Waals surface area contributed by atoms with Crippen molar-refractivity contribution in [2.24, 2.45) is 14.1 Å². The molecule has 0 aliphatic carbocycles. The molecule has 2 N–H and O–H groups in total. The molecule has 170 valence electrons. The van der Waals surface area contributed by atoms with Crippen LogP contribution >= 0.6 is 0 Å². The van der Waals surface area contributed by atoms with Gasteiger partial charge in [-0.25, -0.2) is 37.5 Å². The lowest BCUT2D eigenvalue weighted by Crippen LogP contribution is -2.42. The van der Waals surface area contributed by atoms with Crippen molar-refractivity contribution in [3.05, 3.63) is 69.9 Å². The molecular weight excluding hydrogens is 452 g/mol. The maximum atomic E-state index is 12.7. The zero-order valence-electron chi connectivity index (χ0n) is 17.5. The van der Waals surface area contributed by atoms with Gasteiger partial charge in [0.15, 0.2) is 11.2 Å². The van der Waals surface area contributed by atoms with Crippen molar-refractivity contribution in [1.82, 2.24) is 28.7 Å². The fourth-order valence-corrected chi connectivity index (χ4v) is 4.09. The van der Waals surface area contributed by atoms with Crippen LogP contribution in [0.5, 0.6) is 0 Å². The Balaban J connectivity index is 1.52. The van der Waals surface area contributed by atoms with Crippen molar-refractivity contribution in [3.63, 3.8) is 0 Å². The van der Waals surface area contributed by atoms with Gasteiger partial charge in [-0.2, -0.15) is 0 Å². The molecule has 3 heterocycles. The average Bonchev–Trinajstić information content (AvgIpc) is 3.18. The van der Waals surface area contributed by atoms with E-state index >= 15 is 0 Å². The molecule has 0 fully saturated rings. The van der Waals surface area contributed by atoms with Gasteiger partial charge in [0.1, 0.15) is 6.54 Å². The molecule has 4 aromatic rings. The predicted octanol–water partition coefficient (Wildman–Crippen LogP) is -0.337. The van der Waals surface area contributed by atoms with Crippen molar-refractivity contribution < 1.29 is 13.2 Å². The number of benzene rings is 1. The van der Waals surface area contributed by atoms with Crippen LogP contribution in [0.3, 0.4) is 0 Å². The summed E-state index contributed by atoms with van der Waals surface area (Å²) in [6, 6.07) is 6.88. The maximum absolute atomic E-state index is 12.7. The minimum atomic E-state index is -3.93. The number of hydrogen-bond acceptors (Lipinski definition) is 8. The number of nitrogens with one attached hydrogen (secondary N) is 2. The summed E-state index contributed by atoms with van der Waals surface area (Å²) in [6.45, 7) is -0.528. The molecule has 1 aromatic carbocycles. The van der Waals surface area contributed by atoms with E-state index in [2.05, 4.69) is 25.0 Å². The molecule has 0 bridgehead atoms. The molecule has 1 amide bonds. The quantitative estimate of drug-likeness (QED) is 0.387. The number of sulfonamides is 1. The number of nitrogens with zero attached hydrogens (tertiary/aromatic N) is 6. The number of amides is 1. The molecule has 13 nitrogen and oxygen atoms in total. The monoisotopic (exact) mass is 470 g/mol. The number of aromatic nitrogens is 6. The van der Waals surface area contributed by atoms with Crippen LogP contribution in [0.15, 0.2) is 63.5 Å². The zero-order valence-corrected chi connectivity index (χ0v) is 18.3. The van der Waals surface area contributed by atoms with Gasteiger partial charge in [0.25, 0.3) is 15.6 Å². The van der Waals surface area contributed by atoms with Gasteiger partial charge in [-0.1, -0.05) is 0 Å². The third kappa shape index (κ3) is 4.23. The first-order chi connectivity index (χ1) is 15.7. The number of imidazole rings is 1. The largest absolute Gasteiger partial charge is 0.332 e. The van der Waals surface area contributed by atoms with Gasteiger partial charge in [-0.05, 0) is 30.3 Å². The fourth-order valence-electron chi connectivity index (χ4n) is 3.13. The third-order valence-corrected chi connectivity index (χ3v) is 6.09. The van der Waals surface area contributed by atoms with E-state index in [4.69, 9.17) is 0 Å². The normalized spacial score (nSPS) is 11.5. The van der Waals surface area contributed by atoms with Crippen molar-refractivity contribution in [3.8, 4) is 0 Å². The molecule has 0 saturated carbocycles. The molecule has 0 aliphatic heterocycles. The second-order valence-electron chi connectivity index (χ2n) is 7.01. The summed E-state index contributed by atoms with van der Waals surface area (Å²) in [5.74, 6) is -0.713. The first-order valence-corrected chi connectivity index (χ1v) is 11.0. The number of carbonyl (C=O) groups is 1. The third-order valence-electron chi connectivity index (χ3n) is 4.74. The Hall–Kier alpha value is -4.33. The van der Waals surface area contributed by atoms with Crippen LogP contribution in [0.25, 0.3) is 11.2 Å².